The van der Waals surface area contributed by atoms with Crippen molar-refractivity contribution >= 4 is 10.0 Å². The molecule has 4 nitrogen and oxygen atoms in total. The monoisotopic (exact) mass is 282 g/mol. The van der Waals surface area contributed by atoms with Crippen molar-refractivity contribution in [2.45, 2.75) is 38.1 Å². The number of rotatable bonds is 5. The van der Waals surface area contributed by atoms with Crippen LogP contribution in [0.15, 0.2) is 29.2 Å². The van der Waals surface area contributed by atoms with Gasteiger partial charge < -0.3 is 5.73 Å². The fraction of sp³-hybridized carbons (Fsp3) is 0.571. The van der Waals surface area contributed by atoms with Gasteiger partial charge in [-0.15, -0.1) is 0 Å². The third-order valence-corrected chi connectivity index (χ3v) is 5.35. The van der Waals surface area contributed by atoms with Crippen LogP contribution >= 0.6 is 0 Å². The standard InChI is InChI=1S/C14H22N2O2S/c1-10(15)11-5-4-6-13(7-11)19(17,18)16-9-12-8-14(12,2)3/h4-7,10,12,16H,8-9,15H2,1-3H3. The van der Waals surface area contributed by atoms with Gasteiger partial charge >= 0.3 is 0 Å². The molecule has 0 radical (unpaired) electrons. The first kappa shape index (κ1) is 14.5. The van der Waals surface area contributed by atoms with Gasteiger partial charge in [0.2, 0.25) is 10.0 Å². The van der Waals surface area contributed by atoms with Gasteiger partial charge in [0.15, 0.2) is 0 Å². The summed E-state index contributed by atoms with van der Waals surface area (Å²) < 4.78 is 27.1. The summed E-state index contributed by atoms with van der Waals surface area (Å²) in [6, 6.07) is 6.65. The van der Waals surface area contributed by atoms with E-state index in [4.69, 9.17) is 5.73 Å². The molecule has 0 aliphatic heterocycles. The molecule has 2 rings (SSSR count). The Labute approximate surface area is 115 Å². The van der Waals surface area contributed by atoms with Crippen LogP contribution in [0.1, 0.15) is 38.8 Å². The van der Waals surface area contributed by atoms with Crippen LogP contribution in [0.5, 0.6) is 0 Å². The molecule has 1 fully saturated rings. The highest BCUT2D eigenvalue weighted by molar-refractivity contribution is 7.89. The van der Waals surface area contributed by atoms with Crippen molar-refractivity contribution in [1.82, 2.24) is 4.72 Å². The van der Waals surface area contributed by atoms with E-state index in [1.54, 1.807) is 18.2 Å². The molecular weight excluding hydrogens is 260 g/mol. The van der Waals surface area contributed by atoms with Gasteiger partial charge in [-0.2, -0.15) is 0 Å². The van der Waals surface area contributed by atoms with Gasteiger partial charge in [-0.05, 0) is 42.4 Å². The second kappa shape index (κ2) is 4.89. The number of sulfonamides is 1. The van der Waals surface area contributed by atoms with Crippen molar-refractivity contribution in [3.8, 4) is 0 Å². The average Bonchev–Trinajstić information content (AvgIpc) is 2.95. The zero-order valence-electron chi connectivity index (χ0n) is 11.7. The van der Waals surface area contributed by atoms with Crippen molar-refractivity contribution in [3.63, 3.8) is 0 Å². The lowest BCUT2D eigenvalue weighted by atomic mass is 10.1. The molecular formula is C14H22N2O2S. The van der Waals surface area contributed by atoms with Crippen molar-refractivity contribution in [3.05, 3.63) is 29.8 Å². The highest BCUT2D eigenvalue weighted by Gasteiger charge is 2.45. The molecule has 3 N–H and O–H groups in total. The van der Waals surface area contributed by atoms with Gasteiger partial charge in [-0.3, -0.25) is 0 Å². The fourth-order valence-corrected chi connectivity index (χ4v) is 3.32. The van der Waals surface area contributed by atoms with Gasteiger partial charge in [0, 0.05) is 12.6 Å². The van der Waals surface area contributed by atoms with Gasteiger partial charge in [0.25, 0.3) is 0 Å². The molecule has 0 amide bonds. The summed E-state index contributed by atoms with van der Waals surface area (Å²) >= 11 is 0. The average molecular weight is 282 g/mol. The van der Waals surface area contributed by atoms with E-state index >= 15 is 0 Å². The van der Waals surface area contributed by atoms with Crippen LogP contribution in [0, 0.1) is 11.3 Å². The molecule has 1 aliphatic rings. The van der Waals surface area contributed by atoms with E-state index in [2.05, 4.69) is 18.6 Å². The zero-order chi connectivity index (χ0) is 14.3. The molecule has 0 heterocycles. The van der Waals surface area contributed by atoms with E-state index in [0.29, 0.717) is 17.4 Å². The highest BCUT2D eigenvalue weighted by Crippen LogP contribution is 2.51. The lowest BCUT2D eigenvalue weighted by Gasteiger charge is -2.10. The fourth-order valence-electron chi connectivity index (χ4n) is 2.18. The zero-order valence-corrected chi connectivity index (χ0v) is 12.5. The van der Waals surface area contributed by atoms with E-state index < -0.39 is 10.0 Å². The van der Waals surface area contributed by atoms with Crippen LogP contribution < -0.4 is 10.5 Å². The van der Waals surface area contributed by atoms with E-state index in [1.807, 2.05) is 13.0 Å². The minimum absolute atomic E-state index is 0.169. The predicted octanol–water partition coefficient (Wildman–Crippen LogP) is 2.03. The Hall–Kier alpha value is -0.910. The number of nitrogens with two attached hydrogens (primary N) is 1. The molecule has 5 heteroatoms. The Balaban J connectivity index is 2.09. The van der Waals surface area contributed by atoms with Gasteiger partial charge in [0.05, 0.1) is 4.90 Å². The molecule has 0 aromatic heterocycles. The minimum Gasteiger partial charge on any atom is -0.324 e. The first-order valence-corrected chi connectivity index (χ1v) is 8.06. The van der Waals surface area contributed by atoms with Crippen molar-refractivity contribution in [2.75, 3.05) is 6.54 Å². The Kier molecular flexibility index (Phi) is 3.73. The molecule has 2 unspecified atom stereocenters. The summed E-state index contributed by atoms with van der Waals surface area (Å²) in [6.07, 6.45) is 1.08. The lowest BCUT2D eigenvalue weighted by molar-refractivity contribution is 0.537. The predicted molar refractivity (Wildman–Crippen MR) is 76.1 cm³/mol. The van der Waals surface area contributed by atoms with E-state index in [9.17, 15) is 8.42 Å². The molecule has 1 aromatic carbocycles. The number of benzene rings is 1. The van der Waals surface area contributed by atoms with E-state index in [0.717, 1.165) is 12.0 Å². The Morgan fingerprint density at radius 3 is 2.63 bits per heavy atom. The third-order valence-electron chi connectivity index (χ3n) is 3.93. The van der Waals surface area contributed by atoms with Crippen molar-refractivity contribution in [1.29, 1.82) is 0 Å². The second-order valence-electron chi connectivity index (χ2n) is 6.10. The molecule has 19 heavy (non-hydrogen) atoms. The van der Waals surface area contributed by atoms with E-state index in [1.165, 1.54) is 0 Å². The summed E-state index contributed by atoms with van der Waals surface area (Å²) in [4.78, 5) is 0.292. The summed E-state index contributed by atoms with van der Waals surface area (Å²) in [5.41, 5.74) is 6.88. The molecule has 1 aliphatic carbocycles. The summed E-state index contributed by atoms with van der Waals surface area (Å²) in [6.45, 7) is 6.66. The molecule has 0 bridgehead atoms. The Morgan fingerprint density at radius 2 is 2.11 bits per heavy atom. The van der Waals surface area contributed by atoms with E-state index in [-0.39, 0.29) is 11.5 Å². The molecule has 0 spiro atoms. The summed E-state index contributed by atoms with van der Waals surface area (Å²) in [5, 5.41) is 0. The quantitative estimate of drug-likeness (QED) is 0.868. The number of nitrogens with one attached hydrogen (secondary N) is 1. The molecule has 106 valence electrons. The maximum Gasteiger partial charge on any atom is 0.240 e. The maximum absolute atomic E-state index is 12.2. The lowest BCUT2D eigenvalue weighted by Crippen LogP contribution is -2.27. The maximum atomic E-state index is 12.2. The molecule has 2 atom stereocenters. The highest BCUT2D eigenvalue weighted by atomic mass is 32.2. The molecule has 0 saturated heterocycles. The molecule has 1 saturated carbocycles. The van der Waals surface area contributed by atoms with Crippen LogP contribution in [0.4, 0.5) is 0 Å². The van der Waals surface area contributed by atoms with Crippen LogP contribution in [0.2, 0.25) is 0 Å². The minimum atomic E-state index is -3.43. The first-order chi connectivity index (χ1) is 8.72. The Morgan fingerprint density at radius 1 is 1.47 bits per heavy atom. The van der Waals surface area contributed by atoms with Crippen LogP contribution in [-0.2, 0) is 10.0 Å². The third kappa shape index (κ3) is 3.35. The Bertz CT molecular complexity index is 565. The smallest absolute Gasteiger partial charge is 0.240 e. The van der Waals surface area contributed by atoms with Crippen LogP contribution in [0.3, 0.4) is 0 Å². The summed E-state index contributed by atoms with van der Waals surface area (Å²) in [5.74, 6) is 0.443. The van der Waals surface area contributed by atoms with Gasteiger partial charge in [0.1, 0.15) is 0 Å². The number of hydrogen-bond donors (Lipinski definition) is 2. The van der Waals surface area contributed by atoms with Crippen LogP contribution in [0.25, 0.3) is 0 Å². The number of hydrogen-bond acceptors (Lipinski definition) is 3. The normalized spacial score (nSPS) is 23.1. The largest absolute Gasteiger partial charge is 0.324 e. The second-order valence-corrected chi connectivity index (χ2v) is 7.87. The molecule has 1 aromatic rings. The van der Waals surface area contributed by atoms with Crippen molar-refractivity contribution < 1.29 is 8.42 Å². The van der Waals surface area contributed by atoms with Gasteiger partial charge in [-0.25, -0.2) is 13.1 Å². The van der Waals surface area contributed by atoms with Crippen LogP contribution in [-0.4, -0.2) is 15.0 Å². The topological polar surface area (TPSA) is 72.2 Å². The van der Waals surface area contributed by atoms with Gasteiger partial charge in [-0.1, -0.05) is 26.0 Å². The first-order valence-electron chi connectivity index (χ1n) is 6.57. The van der Waals surface area contributed by atoms with Crippen molar-refractivity contribution in [2.24, 2.45) is 17.1 Å². The summed E-state index contributed by atoms with van der Waals surface area (Å²) in [7, 11) is -3.43. The SMILES string of the molecule is CC(N)c1cccc(S(=O)(=O)NCC2CC2(C)C)c1.